The molecule has 0 aromatic rings. The molecule has 9 heavy (non-hydrogen) atoms. The monoisotopic (exact) mass is 131 g/mol. The number of esters is 1. The predicted molar refractivity (Wildman–Crippen MR) is 30.7 cm³/mol. The molecule has 0 fully saturated rings. The lowest BCUT2D eigenvalue weighted by atomic mass is 10.2. The van der Waals surface area contributed by atoms with Crippen molar-refractivity contribution >= 4 is 12.3 Å². The predicted octanol–water partition coefficient (Wildman–Crippen LogP) is -0.924. The molecule has 0 radical (unpaired) electrons. The molecule has 0 aliphatic rings. The minimum atomic E-state index is -0.799. The zero-order chi connectivity index (χ0) is 7.28. The number of carbonyl (C=O) groups is 2. The van der Waals surface area contributed by atoms with Crippen LogP contribution in [0.25, 0.3) is 0 Å². The fourth-order valence-corrected chi connectivity index (χ4v) is 0.351. The molecule has 0 aliphatic carbocycles. The molecule has 0 aliphatic heterocycles. The number of nitrogens with two attached hydrogens (primary N) is 1. The molecule has 0 rings (SSSR count). The average molecular weight is 131 g/mol. The standard InChI is InChI=1S/C5H9NO3/c1-9-5(8)4(6)2-3-7/h3-4H,2,6H2,1H3/t4-/m0/s1. The van der Waals surface area contributed by atoms with E-state index in [-0.39, 0.29) is 6.42 Å². The number of hydrogen-bond donors (Lipinski definition) is 1. The Morgan fingerprint density at radius 1 is 1.89 bits per heavy atom. The van der Waals surface area contributed by atoms with Gasteiger partial charge in [-0.1, -0.05) is 0 Å². The van der Waals surface area contributed by atoms with E-state index >= 15 is 0 Å². The Morgan fingerprint density at radius 3 is 2.78 bits per heavy atom. The zero-order valence-electron chi connectivity index (χ0n) is 5.16. The van der Waals surface area contributed by atoms with Crippen LogP contribution in [0.4, 0.5) is 0 Å². The zero-order valence-corrected chi connectivity index (χ0v) is 5.16. The number of rotatable bonds is 3. The van der Waals surface area contributed by atoms with Gasteiger partial charge in [0.05, 0.1) is 7.11 Å². The van der Waals surface area contributed by atoms with Crippen LogP contribution in [-0.2, 0) is 14.3 Å². The highest BCUT2D eigenvalue weighted by Gasteiger charge is 2.11. The van der Waals surface area contributed by atoms with Gasteiger partial charge in [-0.25, -0.2) is 0 Å². The lowest BCUT2D eigenvalue weighted by Crippen LogP contribution is -2.31. The second-order valence-electron chi connectivity index (χ2n) is 1.53. The van der Waals surface area contributed by atoms with Crippen LogP contribution >= 0.6 is 0 Å². The summed E-state index contributed by atoms with van der Waals surface area (Å²) in [6.45, 7) is 0. The minimum absolute atomic E-state index is 0.0205. The summed E-state index contributed by atoms with van der Waals surface area (Å²) in [5, 5.41) is 0. The molecule has 0 aromatic heterocycles. The molecule has 0 saturated heterocycles. The van der Waals surface area contributed by atoms with Gasteiger partial charge < -0.3 is 15.3 Å². The molecule has 0 heterocycles. The third-order valence-corrected chi connectivity index (χ3v) is 0.854. The Balaban J connectivity index is 3.58. The first-order valence-electron chi connectivity index (χ1n) is 2.49. The highest BCUT2D eigenvalue weighted by Crippen LogP contribution is 1.85. The second-order valence-corrected chi connectivity index (χ2v) is 1.53. The third-order valence-electron chi connectivity index (χ3n) is 0.854. The van der Waals surface area contributed by atoms with E-state index in [1.165, 1.54) is 7.11 Å². The minimum Gasteiger partial charge on any atom is -0.468 e. The lowest BCUT2D eigenvalue weighted by molar-refractivity contribution is -0.142. The molecule has 2 N–H and O–H groups in total. The van der Waals surface area contributed by atoms with Crippen molar-refractivity contribution in [2.24, 2.45) is 5.73 Å². The van der Waals surface area contributed by atoms with Gasteiger partial charge >= 0.3 is 5.97 Å². The molecule has 0 amide bonds. The van der Waals surface area contributed by atoms with Crippen molar-refractivity contribution in [1.29, 1.82) is 0 Å². The van der Waals surface area contributed by atoms with Gasteiger partial charge in [-0.05, 0) is 0 Å². The van der Waals surface area contributed by atoms with E-state index in [9.17, 15) is 9.59 Å². The van der Waals surface area contributed by atoms with Gasteiger partial charge in [0, 0.05) is 6.42 Å². The molecule has 4 heteroatoms. The molecular formula is C5H9NO3. The Labute approximate surface area is 53.0 Å². The van der Waals surface area contributed by atoms with Crippen LogP contribution in [0.3, 0.4) is 0 Å². The van der Waals surface area contributed by atoms with E-state index < -0.39 is 12.0 Å². The molecule has 0 bridgehead atoms. The first-order chi connectivity index (χ1) is 4.22. The Morgan fingerprint density at radius 2 is 2.44 bits per heavy atom. The van der Waals surface area contributed by atoms with Crippen LogP contribution in [0.15, 0.2) is 0 Å². The first kappa shape index (κ1) is 8.10. The molecule has 4 nitrogen and oxygen atoms in total. The quantitative estimate of drug-likeness (QED) is 0.397. The summed E-state index contributed by atoms with van der Waals surface area (Å²) < 4.78 is 4.24. The van der Waals surface area contributed by atoms with Crippen LogP contribution in [0.2, 0.25) is 0 Å². The summed E-state index contributed by atoms with van der Waals surface area (Å²) in [6.07, 6.45) is 0.605. The summed E-state index contributed by atoms with van der Waals surface area (Å²) in [4.78, 5) is 20.1. The van der Waals surface area contributed by atoms with Crippen molar-refractivity contribution in [3.05, 3.63) is 0 Å². The van der Waals surface area contributed by atoms with Gasteiger partial charge in [-0.2, -0.15) is 0 Å². The maximum absolute atomic E-state index is 10.4. The van der Waals surface area contributed by atoms with Crippen molar-refractivity contribution in [2.75, 3.05) is 7.11 Å². The van der Waals surface area contributed by atoms with E-state index in [1.54, 1.807) is 0 Å². The summed E-state index contributed by atoms with van der Waals surface area (Å²) in [5.74, 6) is -0.554. The maximum Gasteiger partial charge on any atom is 0.323 e. The smallest absolute Gasteiger partial charge is 0.323 e. The molecule has 0 aromatic carbocycles. The molecular weight excluding hydrogens is 122 g/mol. The van der Waals surface area contributed by atoms with Gasteiger partial charge in [0.15, 0.2) is 0 Å². The molecule has 1 atom stereocenters. The van der Waals surface area contributed by atoms with Crippen molar-refractivity contribution in [2.45, 2.75) is 12.5 Å². The number of methoxy groups -OCH3 is 1. The van der Waals surface area contributed by atoms with Crippen LogP contribution in [0, 0.1) is 0 Å². The van der Waals surface area contributed by atoms with Crippen molar-refractivity contribution in [3.63, 3.8) is 0 Å². The molecule has 0 saturated carbocycles. The fraction of sp³-hybridized carbons (Fsp3) is 0.600. The number of carbonyl (C=O) groups excluding carboxylic acids is 2. The van der Waals surface area contributed by atoms with E-state index in [2.05, 4.69) is 4.74 Å². The van der Waals surface area contributed by atoms with E-state index in [1.807, 2.05) is 0 Å². The largest absolute Gasteiger partial charge is 0.468 e. The molecule has 0 spiro atoms. The Hall–Kier alpha value is -0.900. The average Bonchev–Trinajstić information content (AvgIpc) is 1.87. The van der Waals surface area contributed by atoms with E-state index in [0.29, 0.717) is 6.29 Å². The van der Waals surface area contributed by atoms with Crippen molar-refractivity contribution < 1.29 is 14.3 Å². The summed E-state index contributed by atoms with van der Waals surface area (Å²) in [6, 6.07) is -0.799. The summed E-state index contributed by atoms with van der Waals surface area (Å²) in [7, 11) is 1.23. The lowest BCUT2D eigenvalue weighted by Gasteiger charge is -2.02. The summed E-state index contributed by atoms with van der Waals surface area (Å²) in [5.41, 5.74) is 5.13. The van der Waals surface area contributed by atoms with Gasteiger partial charge in [0.1, 0.15) is 12.3 Å². The SMILES string of the molecule is COC(=O)[C@@H](N)CC=O. The van der Waals surface area contributed by atoms with Gasteiger partial charge in [-0.15, -0.1) is 0 Å². The van der Waals surface area contributed by atoms with Crippen molar-refractivity contribution in [3.8, 4) is 0 Å². The van der Waals surface area contributed by atoms with Crippen LogP contribution in [0.5, 0.6) is 0 Å². The van der Waals surface area contributed by atoms with Gasteiger partial charge in [-0.3, -0.25) is 4.79 Å². The fourth-order valence-electron chi connectivity index (χ4n) is 0.351. The molecule has 0 unspecified atom stereocenters. The van der Waals surface area contributed by atoms with Crippen LogP contribution in [-0.4, -0.2) is 25.4 Å². The van der Waals surface area contributed by atoms with Gasteiger partial charge in [0.25, 0.3) is 0 Å². The van der Waals surface area contributed by atoms with Gasteiger partial charge in [0.2, 0.25) is 0 Å². The van der Waals surface area contributed by atoms with E-state index in [0.717, 1.165) is 0 Å². The number of hydrogen-bond acceptors (Lipinski definition) is 4. The molecule has 52 valence electrons. The van der Waals surface area contributed by atoms with Crippen LogP contribution < -0.4 is 5.73 Å². The topological polar surface area (TPSA) is 69.4 Å². The van der Waals surface area contributed by atoms with Crippen LogP contribution in [0.1, 0.15) is 6.42 Å². The first-order valence-corrected chi connectivity index (χ1v) is 2.49. The number of aldehydes is 1. The highest BCUT2D eigenvalue weighted by atomic mass is 16.5. The normalized spacial score (nSPS) is 12.2. The third kappa shape index (κ3) is 2.81. The van der Waals surface area contributed by atoms with E-state index in [4.69, 9.17) is 5.73 Å². The second kappa shape index (κ2) is 4.03. The Kier molecular flexibility index (Phi) is 3.62. The number of ether oxygens (including phenoxy) is 1. The Bertz CT molecular complexity index is 113. The summed E-state index contributed by atoms with van der Waals surface area (Å²) >= 11 is 0. The highest BCUT2D eigenvalue weighted by molar-refractivity contribution is 5.78. The van der Waals surface area contributed by atoms with Crippen molar-refractivity contribution in [1.82, 2.24) is 0 Å². The maximum atomic E-state index is 10.4.